The molecule has 0 bridgehead atoms. The fraction of sp³-hybridized carbons (Fsp3) is 0.250. The Labute approximate surface area is 49.9 Å². The minimum absolute atomic E-state index is 0.949. The lowest BCUT2D eigenvalue weighted by Gasteiger charge is -1.85. The van der Waals surface area contributed by atoms with E-state index in [-0.39, 0.29) is 0 Å². The van der Waals surface area contributed by atoms with E-state index in [9.17, 15) is 14.4 Å². The summed E-state index contributed by atoms with van der Waals surface area (Å²) in [6.07, 6.45) is -0.949. The topological polar surface area (TPSA) is 91.7 Å². The Hall–Kier alpha value is -1.39. The zero-order chi connectivity index (χ0) is 7.44. The molecular formula is C4H4O5. The number of rotatable bonds is 3. The maximum atomic E-state index is 9.97. The van der Waals surface area contributed by atoms with Gasteiger partial charge in [-0.1, -0.05) is 0 Å². The molecule has 0 aromatic rings. The van der Waals surface area contributed by atoms with Crippen LogP contribution in [-0.2, 0) is 14.4 Å². The number of hydrogen-bond donors (Lipinski definition) is 2. The Bertz CT molecular complexity index is 158. The zero-order valence-electron chi connectivity index (χ0n) is 4.33. The molecule has 0 unspecified atom stereocenters. The molecule has 0 saturated carbocycles. The molecule has 5 nitrogen and oxygen atoms in total. The molecule has 5 heteroatoms. The van der Waals surface area contributed by atoms with Crippen LogP contribution < -0.4 is 0 Å². The monoisotopic (exact) mass is 135 g/mol. The van der Waals surface area contributed by atoms with E-state index >= 15 is 0 Å². The fourth-order valence-electron chi connectivity index (χ4n) is 0.213. The molecule has 0 aliphatic carbocycles. The first-order valence-electron chi connectivity index (χ1n) is 2.02. The second-order valence-electron chi connectivity index (χ2n) is 1.30. The lowest BCUT2D eigenvalue weighted by molar-refractivity contribution is -0.152. The molecule has 2 N–H and O–H groups in total. The molecular weight excluding hydrogens is 131 g/mol. The van der Waals surface area contributed by atoms with Crippen molar-refractivity contribution in [1.82, 2.24) is 0 Å². The normalized spacial score (nSPS) is 8.44. The van der Waals surface area contributed by atoms with Gasteiger partial charge in [-0.15, -0.1) is 0 Å². The summed E-state index contributed by atoms with van der Waals surface area (Å²) in [5.41, 5.74) is 0. The molecule has 0 aliphatic heterocycles. The van der Waals surface area contributed by atoms with Gasteiger partial charge in [-0.25, -0.2) is 4.79 Å². The van der Waals surface area contributed by atoms with Gasteiger partial charge in [0.25, 0.3) is 5.78 Å². The van der Waals surface area contributed by atoms with Crippen molar-refractivity contribution in [1.29, 1.82) is 0 Å². The Morgan fingerprint density at radius 1 is 1.11 bits per heavy atom. The second-order valence-corrected chi connectivity index (χ2v) is 1.30. The molecule has 0 saturated heterocycles. The molecule has 9 heavy (non-hydrogen) atoms. The van der Waals surface area contributed by atoms with Gasteiger partial charge in [0.15, 0.2) is 0 Å². The molecule has 0 atom stereocenters. The van der Waals surface area contributed by atoms with Gasteiger partial charge < -0.3 is 10.2 Å². The third-order valence-corrected chi connectivity index (χ3v) is 0.550. The van der Waals surface area contributed by atoms with Crippen LogP contribution >= 0.6 is 0 Å². The molecule has 0 radical (unpaired) electrons. The summed E-state index contributed by atoms with van der Waals surface area (Å²) in [5.74, 6) is -4.44. The van der Waals surface area contributed by atoms with Crippen molar-refractivity contribution in [3.05, 3.63) is 0 Å². The van der Waals surface area contributed by atoms with E-state index in [1.54, 1.807) is 0 Å². The first-order valence-corrected chi connectivity index (χ1v) is 2.02. The van der Waals surface area contributed by atoms with Gasteiger partial charge in [-0.2, -0.15) is 0 Å². The lowest BCUT2D eigenvalue weighted by atomic mass is 10.9. The third kappa shape index (κ3) is 3.22. The number of carboxylic acids is 2. The van der Waals surface area contributed by atoms with E-state index in [0.29, 0.717) is 0 Å². The highest BCUT2D eigenvalue weighted by molar-refractivity contribution is 6.35. The van der Waals surface area contributed by atoms with Crippen molar-refractivity contribution in [3.63, 3.8) is 0 Å². The summed E-state index contributed by atoms with van der Waals surface area (Å²) < 4.78 is 0. The Kier molecular flexibility index (Phi) is 2.37. The van der Waals surface area contributed by atoms with Crippen molar-refractivity contribution < 1.29 is 24.6 Å². The molecule has 0 heterocycles. The average Bonchev–Trinajstić information content (AvgIpc) is 1.63. The van der Waals surface area contributed by atoms with Crippen LogP contribution in [-0.4, -0.2) is 27.9 Å². The summed E-state index contributed by atoms with van der Waals surface area (Å²) in [7, 11) is 0. The minimum atomic E-state index is -1.71. The molecule has 0 spiro atoms. The molecule has 50 valence electrons. The van der Waals surface area contributed by atoms with Crippen molar-refractivity contribution in [2.24, 2.45) is 0 Å². The molecule has 0 rings (SSSR count). The maximum Gasteiger partial charge on any atom is 0.372 e. The van der Waals surface area contributed by atoms with Gasteiger partial charge in [-0.05, 0) is 0 Å². The number of carbonyl (C=O) groups excluding carboxylic acids is 1. The van der Waals surface area contributed by atoms with E-state index in [4.69, 9.17) is 10.2 Å². The number of carbonyl (C=O) groups is 3. The van der Waals surface area contributed by atoms with E-state index < -0.39 is 24.1 Å². The smallest absolute Gasteiger partial charge is 0.372 e. The average molecular weight is 135 g/mol. The van der Waals surface area contributed by atoms with Gasteiger partial charge in [-0.3, -0.25) is 9.59 Å². The van der Waals surface area contributed by atoms with Crippen LogP contribution in [0.15, 0.2) is 0 Å². The molecule has 0 amide bonds. The number of ketones is 1. The van der Waals surface area contributed by atoms with Crippen LogP contribution in [0, 0.1) is 0 Å². The number of hydrogen-bond acceptors (Lipinski definition) is 3. The number of Topliss-reactive ketones (excluding diaryl/α,β-unsaturated/α-hetero) is 1. The predicted octanol–water partition coefficient (Wildman–Crippen LogP) is -0.885. The van der Waals surface area contributed by atoms with E-state index in [1.165, 1.54) is 0 Å². The SMILES string of the molecule is O=C(O)[13C](=O)[13CH2][13C](=O)O. The largest absolute Gasteiger partial charge is 0.481 e. The van der Waals surface area contributed by atoms with Crippen LogP contribution in [0.2, 0.25) is 0 Å². The highest BCUT2D eigenvalue weighted by atomic mass is 16.5. The first kappa shape index (κ1) is 7.61. The van der Waals surface area contributed by atoms with Crippen molar-refractivity contribution in [2.45, 2.75) is 6.42 Å². The Balaban J connectivity index is 3.79. The van der Waals surface area contributed by atoms with E-state index in [2.05, 4.69) is 0 Å². The third-order valence-electron chi connectivity index (χ3n) is 0.550. The van der Waals surface area contributed by atoms with Crippen molar-refractivity contribution in [3.8, 4) is 0 Å². The summed E-state index contributed by atoms with van der Waals surface area (Å²) in [4.78, 5) is 29.2. The molecule has 0 aliphatic rings. The summed E-state index contributed by atoms with van der Waals surface area (Å²) >= 11 is 0. The number of aliphatic carboxylic acids is 2. The Morgan fingerprint density at radius 3 is 1.67 bits per heavy atom. The van der Waals surface area contributed by atoms with Crippen molar-refractivity contribution >= 4 is 17.7 Å². The van der Waals surface area contributed by atoms with Gasteiger partial charge >= 0.3 is 11.9 Å². The summed E-state index contributed by atoms with van der Waals surface area (Å²) in [6.45, 7) is 0. The standard InChI is InChI=1S/C4H4O5/c5-2(4(8)9)1-3(6)7/h1H2,(H,6,7)(H,8,9)/i1+1,2+1,3+1. The number of carboxylic acid groups (broad SMARTS) is 2. The van der Waals surface area contributed by atoms with Gasteiger partial charge in [0.05, 0.1) is 0 Å². The van der Waals surface area contributed by atoms with Crippen LogP contribution in [0.25, 0.3) is 0 Å². The lowest BCUT2D eigenvalue weighted by Crippen LogP contribution is -2.16. The van der Waals surface area contributed by atoms with Gasteiger partial charge in [0.1, 0.15) is 6.42 Å². The fourth-order valence-corrected chi connectivity index (χ4v) is 0.213. The highest BCUT2D eigenvalue weighted by Gasteiger charge is 2.14. The predicted molar refractivity (Wildman–Crippen MR) is 24.9 cm³/mol. The van der Waals surface area contributed by atoms with E-state index in [1.807, 2.05) is 0 Å². The quantitative estimate of drug-likeness (QED) is 0.297. The van der Waals surface area contributed by atoms with Crippen LogP contribution in [0.3, 0.4) is 0 Å². The molecule has 0 fully saturated rings. The molecule has 0 aromatic carbocycles. The molecule has 0 aromatic heterocycles. The zero-order valence-corrected chi connectivity index (χ0v) is 4.33. The highest BCUT2D eigenvalue weighted by Crippen LogP contribution is 1.81. The van der Waals surface area contributed by atoms with Crippen LogP contribution in [0.5, 0.6) is 0 Å². The Morgan fingerprint density at radius 2 is 1.56 bits per heavy atom. The maximum absolute atomic E-state index is 9.97. The van der Waals surface area contributed by atoms with Crippen LogP contribution in [0.1, 0.15) is 6.42 Å². The summed E-state index contributed by atoms with van der Waals surface area (Å²) in [5, 5.41) is 15.7. The van der Waals surface area contributed by atoms with Gasteiger partial charge in [0, 0.05) is 0 Å². The first-order chi connectivity index (χ1) is 4.04. The second kappa shape index (κ2) is 2.81. The van der Waals surface area contributed by atoms with Gasteiger partial charge in [0.2, 0.25) is 0 Å². The summed E-state index contributed by atoms with van der Waals surface area (Å²) in [6, 6.07) is 0. The van der Waals surface area contributed by atoms with Crippen LogP contribution in [0.4, 0.5) is 0 Å². The minimum Gasteiger partial charge on any atom is -0.481 e. The van der Waals surface area contributed by atoms with E-state index in [0.717, 1.165) is 0 Å². The van der Waals surface area contributed by atoms with Crippen molar-refractivity contribution in [2.75, 3.05) is 0 Å².